The van der Waals surface area contributed by atoms with Crippen LogP contribution in [0.15, 0.2) is 48.5 Å². The number of aliphatic hydroxyl groups excluding tert-OH is 1. The van der Waals surface area contributed by atoms with Crippen molar-refractivity contribution in [2.24, 2.45) is 5.92 Å². The van der Waals surface area contributed by atoms with E-state index in [9.17, 15) is 9.90 Å². The number of nitrogens with zero attached hydrogens (tertiary/aromatic N) is 1. The van der Waals surface area contributed by atoms with E-state index in [1.807, 2.05) is 43.3 Å². The van der Waals surface area contributed by atoms with Gasteiger partial charge in [0.25, 0.3) is 0 Å². The molecule has 0 saturated carbocycles. The number of aliphatic hydroxyl groups is 1. The first-order valence-electron chi connectivity index (χ1n) is 17.9. The number of unbranched alkanes of at least 4 members (excludes halogenated alkanes) is 10. The van der Waals surface area contributed by atoms with Gasteiger partial charge in [-0.2, -0.15) is 0 Å². The van der Waals surface area contributed by atoms with Gasteiger partial charge in [0.05, 0.1) is 18.8 Å². The maximum atomic E-state index is 12.0. The average molecular weight is 624 g/mol. The van der Waals surface area contributed by atoms with E-state index < -0.39 is 6.29 Å². The van der Waals surface area contributed by atoms with E-state index in [2.05, 4.69) is 48.4 Å². The number of urea groups is 1. The van der Waals surface area contributed by atoms with Crippen molar-refractivity contribution >= 4 is 11.7 Å². The summed E-state index contributed by atoms with van der Waals surface area (Å²) in [4.78, 5) is 14.7. The van der Waals surface area contributed by atoms with Crippen LogP contribution in [0.1, 0.15) is 134 Å². The zero-order valence-corrected chi connectivity index (χ0v) is 28.6. The lowest BCUT2D eigenvalue weighted by molar-refractivity contribution is -0.276. The molecule has 1 heterocycles. The SMILES string of the molecule is CCCCCCCCN(CCCCCCCC)C[C@H]1O[C@@H](c2ccc(NC(=O)NCC)cc2)O[C@@H](c2ccc(CO)cc2)[C@H]1C. The van der Waals surface area contributed by atoms with Crippen molar-refractivity contribution < 1.29 is 19.4 Å². The van der Waals surface area contributed by atoms with Crippen molar-refractivity contribution in [3.63, 3.8) is 0 Å². The molecule has 7 nitrogen and oxygen atoms in total. The van der Waals surface area contributed by atoms with Gasteiger partial charge in [-0.05, 0) is 56.1 Å². The number of anilines is 1. The molecule has 4 atom stereocenters. The van der Waals surface area contributed by atoms with Gasteiger partial charge in [0.1, 0.15) is 0 Å². The third-order valence-corrected chi connectivity index (χ3v) is 9.00. The van der Waals surface area contributed by atoms with E-state index in [4.69, 9.17) is 9.47 Å². The van der Waals surface area contributed by atoms with E-state index in [0.717, 1.165) is 42.0 Å². The second-order valence-corrected chi connectivity index (χ2v) is 12.8. The molecule has 1 fully saturated rings. The van der Waals surface area contributed by atoms with Gasteiger partial charge in [-0.3, -0.25) is 0 Å². The van der Waals surface area contributed by atoms with Crippen LogP contribution in [-0.4, -0.2) is 48.3 Å². The second-order valence-electron chi connectivity index (χ2n) is 12.8. The molecule has 1 aliphatic rings. The fourth-order valence-corrected chi connectivity index (χ4v) is 6.17. The third-order valence-electron chi connectivity index (χ3n) is 9.00. The molecule has 2 aromatic carbocycles. The largest absolute Gasteiger partial charge is 0.392 e. The van der Waals surface area contributed by atoms with E-state index in [1.54, 1.807) is 0 Å². The Bertz CT molecular complexity index is 1050. The molecule has 0 bridgehead atoms. The Labute approximate surface area is 273 Å². The minimum Gasteiger partial charge on any atom is -0.392 e. The summed E-state index contributed by atoms with van der Waals surface area (Å²) in [6, 6.07) is 15.7. The van der Waals surface area contributed by atoms with E-state index in [0.29, 0.717) is 6.54 Å². The van der Waals surface area contributed by atoms with Crippen LogP contribution in [0.4, 0.5) is 10.5 Å². The summed E-state index contributed by atoms with van der Waals surface area (Å²) in [5, 5.41) is 15.2. The van der Waals surface area contributed by atoms with Crippen LogP contribution in [0, 0.1) is 5.92 Å². The van der Waals surface area contributed by atoms with Gasteiger partial charge in [-0.1, -0.05) is 121 Å². The van der Waals surface area contributed by atoms with Crippen LogP contribution in [0.5, 0.6) is 0 Å². The summed E-state index contributed by atoms with van der Waals surface area (Å²) in [7, 11) is 0. The molecule has 1 aliphatic heterocycles. The molecule has 0 aliphatic carbocycles. The van der Waals surface area contributed by atoms with Crippen molar-refractivity contribution in [1.82, 2.24) is 10.2 Å². The highest BCUT2D eigenvalue weighted by molar-refractivity contribution is 5.89. The third kappa shape index (κ3) is 13.1. The minimum absolute atomic E-state index is 0.000385. The standard InChI is InChI=1S/C38H61N3O4/c1-5-8-10-12-14-16-26-41(27-17-15-13-11-9-6-2)28-35-30(4)36(32-20-18-31(29-42)19-21-32)45-37(44-35)33-22-24-34(25-23-33)40-38(43)39-7-3/h18-25,30,35-37,42H,5-17,26-29H2,1-4H3,(H2,39,40,43)/t30-,35+,36+,37+/m0/s1. The molecular formula is C38H61N3O4. The second kappa shape index (κ2) is 21.4. The van der Waals surface area contributed by atoms with E-state index in [1.165, 1.54) is 77.0 Å². The molecule has 45 heavy (non-hydrogen) atoms. The number of nitrogens with one attached hydrogen (secondary N) is 2. The van der Waals surface area contributed by atoms with Crippen LogP contribution in [0.3, 0.4) is 0 Å². The first-order chi connectivity index (χ1) is 22.0. The fourth-order valence-electron chi connectivity index (χ4n) is 6.17. The summed E-state index contributed by atoms with van der Waals surface area (Å²) in [5.74, 6) is 0.150. The van der Waals surface area contributed by atoms with Crippen molar-refractivity contribution in [2.45, 2.75) is 130 Å². The topological polar surface area (TPSA) is 83.1 Å². The number of amides is 2. The molecule has 7 heteroatoms. The smallest absolute Gasteiger partial charge is 0.319 e. The fraction of sp³-hybridized carbons (Fsp3) is 0.658. The van der Waals surface area contributed by atoms with Crippen molar-refractivity contribution in [1.29, 1.82) is 0 Å². The molecule has 0 aromatic heterocycles. The lowest BCUT2D eigenvalue weighted by Gasteiger charge is -2.43. The van der Waals surface area contributed by atoms with Gasteiger partial charge in [-0.25, -0.2) is 4.79 Å². The number of benzene rings is 2. The summed E-state index contributed by atoms with van der Waals surface area (Å²) >= 11 is 0. The first-order valence-corrected chi connectivity index (χ1v) is 17.9. The molecule has 2 aromatic rings. The van der Waals surface area contributed by atoms with Gasteiger partial charge < -0.3 is 30.1 Å². The monoisotopic (exact) mass is 623 g/mol. The van der Waals surface area contributed by atoms with Gasteiger partial charge in [0.15, 0.2) is 6.29 Å². The number of hydrogen-bond donors (Lipinski definition) is 3. The van der Waals surface area contributed by atoms with E-state index >= 15 is 0 Å². The van der Waals surface area contributed by atoms with Gasteiger partial charge in [0.2, 0.25) is 0 Å². The maximum absolute atomic E-state index is 12.0. The Morgan fingerprint density at radius 2 is 1.31 bits per heavy atom. The highest BCUT2D eigenvalue weighted by Crippen LogP contribution is 2.42. The Balaban J connectivity index is 1.76. The molecular weight excluding hydrogens is 562 g/mol. The van der Waals surface area contributed by atoms with Crippen molar-refractivity contribution in [3.05, 3.63) is 65.2 Å². The molecule has 0 spiro atoms. The van der Waals surface area contributed by atoms with Crippen LogP contribution >= 0.6 is 0 Å². The maximum Gasteiger partial charge on any atom is 0.319 e. The predicted octanol–water partition coefficient (Wildman–Crippen LogP) is 9.13. The number of carbonyl (C=O) groups is 1. The summed E-state index contributed by atoms with van der Waals surface area (Å²) in [5.41, 5.74) is 3.66. The molecule has 2 amide bonds. The number of rotatable bonds is 21. The van der Waals surface area contributed by atoms with Crippen molar-refractivity contribution in [3.8, 4) is 0 Å². The molecule has 252 valence electrons. The molecule has 3 N–H and O–H groups in total. The normalized spacial score (nSPS) is 20.0. The Hall–Kier alpha value is -2.45. The zero-order chi connectivity index (χ0) is 32.3. The summed E-state index contributed by atoms with van der Waals surface area (Å²) < 4.78 is 13.5. The lowest BCUT2D eigenvalue weighted by Crippen LogP contribution is -2.45. The Kier molecular flexibility index (Phi) is 17.6. The quantitative estimate of drug-likeness (QED) is 0.121. The number of ether oxygens (including phenoxy) is 2. The highest BCUT2D eigenvalue weighted by atomic mass is 16.7. The Morgan fingerprint density at radius 3 is 1.87 bits per heavy atom. The van der Waals surface area contributed by atoms with Gasteiger partial charge in [0, 0.05) is 30.3 Å². The van der Waals surface area contributed by atoms with Crippen LogP contribution in [0.2, 0.25) is 0 Å². The summed E-state index contributed by atoms with van der Waals surface area (Å²) in [6.45, 7) is 12.4. The van der Waals surface area contributed by atoms with Gasteiger partial charge >= 0.3 is 6.03 Å². The first kappa shape index (κ1) is 37.0. The molecule has 0 radical (unpaired) electrons. The zero-order valence-electron chi connectivity index (χ0n) is 28.6. The minimum atomic E-state index is -0.517. The van der Waals surface area contributed by atoms with Crippen LogP contribution < -0.4 is 10.6 Å². The predicted molar refractivity (Wildman–Crippen MR) is 185 cm³/mol. The molecule has 1 saturated heterocycles. The van der Waals surface area contributed by atoms with E-state index in [-0.39, 0.29) is 30.8 Å². The lowest BCUT2D eigenvalue weighted by atomic mass is 9.90. The average Bonchev–Trinajstić information content (AvgIpc) is 3.05. The van der Waals surface area contributed by atoms with Crippen LogP contribution in [-0.2, 0) is 16.1 Å². The number of carbonyl (C=O) groups excluding carboxylic acids is 1. The highest BCUT2D eigenvalue weighted by Gasteiger charge is 2.39. The number of hydrogen-bond acceptors (Lipinski definition) is 5. The van der Waals surface area contributed by atoms with Crippen molar-refractivity contribution in [2.75, 3.05) is 31.5 Å². The summed E-state index contributed by atoms with van der Waals surface area (Å²) in [6.07, 6.45) is 14.9. The molecule has 3 rings (SSSR count). The Morgan fingerprint density at radius 1 is 0.756 bits per heavy atom. The molecule has 0 unspecified atom stereocenters. The van der Waals surface area contributed by atoms with Gasteiger partial charge in [-0.15, -0.1) is 0 Å². The van der Waals surface area contributed by atoms with Crippen LogP contribution in [0.25, 0.3) is 0 Å².